The summed E-state index contributed by atoms with van der Waals surface area (Å²) in [5, 5.41) is 16.8. The van der Waals surface area contributed by atoms with Gasteiger partial charge in [0.05, 0.1) is 11.5 Å². The monoisotopic (exact) mass is 282 g/mol. The number of aryl methyl sites for hydroxylation is 1. The molecule has 0 aliphatic heterocycles. The SMILES string of the molecule is Cc1nc(CCNC2CC(C#N)(c3ccccc3)C2)no1. The van der Waals surface area contributed by atoms with Gasteiger partial charge < -0.3 is 9.84 Å². The molecule has 1 aromatic heterocycles. The number of hydrogen-bond donors (Lipinski definition) is 1. The van der Waals surface area contributed by atoms with E-state index in [-0.39, 0.29) is 5.41 Å². The first-order chi connectivity index (χ1) is 10.2. The Labute approximate surface area is 124 Å². The van der Waals surface area contributed by atoms with E-state index in [2.05, 4.69) is 21.5 Å². The smallest absolute Gasteiger partial charge is 0.223 e. The number of nitriles is 1. The summed E-state index contributed by atoms with van der Waals surface area (Å²) >= 11 is 0. The fourth-order valence-electron chi connectivity index (χ4n) is 2.91. The van der Waals surface area contributed by atoms with Crippen LogP contribution in [0.5, 0.6) is 0 Å². The van der Waals surface area contributed by atoms with Gasteiger partial charge >= 0.3 is 0 Å². The lowest BCUT2D eigenvalue weighted by atomic mass is 9.62. The second-order valence-electron chi connectivity index (χ2n) is 5.60. The molecule has 2 aromatic rings. The molecular formula is C16H18N4O. The Kier molecular flexibility index (Phi) is 3.72. The van der Waals surface area contributed by atoms with Crippen LogP contribution in [0.1, 0.15) is 30.1 Å². The standard InChI is InChI=1S/C16H18N4O/c1-12-19-15(20-21-12)7-8-18-14-9-16(10-14,11-17)13-5-3-2-4-6-13/h2-6,14,18H,7-10H2,1H3. The van der Waals surface area contributed by atoms with E-state index in [0.29, 0.717) is 11.9 Å². The van der Waals surface area contributed by atoms with Crippen molar-refractivity contribution in [1.29, 1.82) is 5.26 Å². The van der Waals surface area contributed by atoms with Crippen molar-refractivity contribution in [3.05, 3.63) is 47.6 Å². The number of rotatable bonds is 5. The predicted octanol–water partition coefficient (Wildman–Crippen LogP) is 2.13. The molecule has 1 heterocycles. The molecule has 0 spiro atoms. The third kappa shape index (κ3) is 2.81. The molecule has 1 fully saturated rings. The molecule has 21 heavy (non-hydrogen) atoms. The van der Waals surface area contributed by atoms with Crippen molar-refractivity contribution in [3.63, 3.8) is 0 Å². The van der Waals surface area contributed by atoms with E-state index in [0.717, 1.165) is 37.2 Å². The second-order valence-corrected chi connectivity index (χ2v) is 5.60. The van der Waals surface area contributed by atoms with Crippen LogP contribution >= 0.6 is 0 Å². The van der Waals surface area contributed by atoms with E-state index in [1.807, 2.05) is 30.3 Å². The lowest BCUT2D eigenvalue weighted by Crippen LogP contribution is -2.51. The molecule has 0 atom stereocenters. The van der Waals surface area contributed by atoms with Gasteiger partial charge in [-0.05, 0) is 18.4 Å². The molecule has 0 amide bonds. The minimum absolute atomic E-state index is 0.318. The molecule has 1 aromatic carbocycles. The van der Waals surface area contributed by atoms with Crippen LogP contribution in [0.3, 0.4) is 0 Å². The van der Waals surface area contributed by atoms with Gasteiger partial charge in [-0.2, -0.15) is 10.2 Å². The van der Waals surface area contributed by atoms with Gasteiger partial charge in [-0.25, -0.2) is 0 Å². The maximum Gasteiger partial charge on any atom is 0.223 e. The van der Waals surface area contributed by atoms with Crippen LogP contribution in [0.4, 0.5) is 0 Å². The normalized spacial score (nSPS) is 24.3. The van der Waals surface area contributed by atoms with Gasteiger partial charge in [0.2, 0.25) is 5.89 Å². The molecular weight excluding hydrogens is 264 g/mol. The van der Waals surface area contributed by atoms with Gasteiger partial charge in [0.15, 0.2) is 5.82 Å². The second kappa shape index (κ2) is 5.66. The van der Waals surface area contributed by atoms with Gasteiger partial charge in [-0.3, -0.25) is 0 Å². The zero-order chi connectivity index (χ0) is 14.7. The van der Waals surface area contributed by atoms with Crippen LogP contribution in [0, 0.1) is 18.3 Å². The Morgan fingerprint density at radius 3 is 2.76 bits per heavy atom. The van der Waals surface area contributed by atoms with Crippen molar-refractivity contribution in [2.75, 3.05) is 6.54 Å². The number of aromatic nitrogens is 2. The molecule has 1 saturated carbocycles. The van der Waals surface area contributed by atoms with Gasteiger partial charge in [0.25, 0.3) is 0 Å². The van der Waals surface area contributed by atoms with E-state index < -0.39 is 0 Å². The van der Waals surface area contributed by atoms with E-state index in [1.54, 1.807) is 6.92 Å². The highest BCUT2D eigenvalue weighted by atomic mass is 16.5. The zero-order valence-corrected chi connectivity index (χ0v) is 12.0. The molecule has 3 rings (SSSR count). The Bertz CT molecular complexity index is 638. The third-order valence-electron chi connectivity index (χ3n) is 4.08. The molecule has 0 bridgehead atoms. The highest BCUT2D eigenvalue weighted by Crippen LogP contribution is 2.43. The average Bonchev–Trinajstić information content (AvgIpc) is 2.88. The van der Waals surface area contributed by atoms with Crippen molar-refractivity contribution in [3.8, 4) is 6.07 Å². The molecule has 108 valence electrons. The summed E-state index contributed by atoms with van der Waals surface area (Å²) in [6.45, 7) is 2.59. The summed E-state index contributed by atoms with van der Waals surface area (Å²) < 4.78 is 4.94. The first-order valence-corrected chi connectivity index (χ1v) is 7.21. The minimum atomic E-state index is -0.318. The fraction of sp³-hybridized carbons (Fsp3) is 0.438. The van der Waals surface area contributed by atoms with Crippen LogP contribution in [0.25, 0.3) is 0 Å². The van der Waals surface area contributed by atoms with Crippen LogP contribution in [-0.2, 0) is 11.8 Å². The highest BCUT2D eigenvalue weighted by Gasteiger charge is 2.45. The molecule has 1 aliphatic carbocycles. The lowest BCUT2D eigenvalue weighted by molar-refractivity contribution is 0.227. The predicted molar refractivity (Wildman–Crippen MR) is 77.5 cm³/mol. The van der Waals surface area contributed by atoms with Gasteiger partial charge in [0, 0.05) is 25.9 Å². The Morgan fingerprint density at radius 1 is 1.38 bits per heavy atom. The molecule has 0 unspecified atom stereocenters. The van der Waals surface area contributed by atoms with Crippen molar-refractivity contribution in [2.24, 2.45) is 0 Å². The number of nitrogens with one attached hydrogen (secondary N) is 1. The topological polar surface area (TPSA) is 74.7 Å². The van der Waals surface area contributed by atoms with Gasteiger partial charge in [-0.15, -0.1) is 0 Å². The molecule has 1 N–H and O–H groups in total. The van der Waals surface area contributed by atoms with Crippen molar-refractivity contribution < 1.29 is 4.52 Å². The molecule has 0 radical (unpaired) electrons. The van der Waals surface area contributed by atoms with E-state index in [9.17, 15) is 5.26 Å². The van der Waals surface area contributed by atoms with Crippen LogP contribution in [0.2, 0.25) is 0 Å². The quantitative estimate of drug-likeness (QED) is 0.909. The summed E-state index contributed by atoms with van der Waals surface area (Å²) in [5.74, 6) is 1.33. The summed E-state index contributed by atoms with van der Waals surface area (Å²) in [7, 11) is 0. The summed E-state index contributed by atoms with van der Waals surface area (Å²) in [6.07, 6.45) is 2.47. The maximum absolute atomic E-state index is 9.50. The number of nitrogens with zero attached hydrogens (tertiary/aromatic N) is 3. The first-order valence-electron chi connectivity index (χ1n) is 7.21. The van der Waals surface area contributed by atoms with E-state index >= 15 is 0 Å². The fourth-order valence-corrected chi connectivity index (χ4v) is 2.91. The summed E-state index contributed by atoms with van der Waals surface area (Å²) in [5.41, 5.74) is 0.807. The largest absolute Gasteiger partial charge is 0.340 e. The van der Waals surface area contributed by atoms with E-state index in [4.69, 9.17) is 4.52 Å². The van der Waals surface area contributed by atoms with Crippen molar-refractivity contribution in [2.45, 2.75) is 37.6 Å². The van der Waals surface area contributed by atoms with Crippen LogP contribution < -0.4 is 5.32 Å². The van der Waals surface area contributed by atoms with Crippen molar-refractivity contribution >= 4 is 0 Å². The molecule has 5 nitrogen and oxygen atoms in total. The maximum atomic E-state index is 9.50. The van der Waals surface area contributed by atoms with Gasteiger partial charge in [-0.1, -0.05) is 35.5 Å². The Morgan fingerprint density at radius 2 is 2.14 bits per heavy atom. The molecule has 0 saturated heterocycles. The van der Waals surface area contributed by atoms with Gasteiger partial charge in [0.1, 0.15) is 0 Å². The molecule has 1 aliphatic rings. The van der Waals surface area contributed by atoms with Crippen molar-refractivity contribution in [1.82, 2.24) is 15.5 Å². The molecule has 5 heteroatoms. The Balaban J connectivity index is 1.50. The zero-order valence-electron chi connectivity index (χ0n) is 12.0. The van der Waals surface area contributed by atoms with Crippen LogP contribution in [-0.4, -0.2) is 22.7 Å². The third-order valence-corrected chi connectivity index (χ3v) is 4.08. The number of hydrogen-bond acceptors (Lipinski definition) is 5. The summed E-state index contributed by atoms with van der Waals surface area (Å²) in [6, 6.07) is 12.9. The first kappa shape index (κ1) is 13.8. The highest BCUT2D eigenvalue weighted by molar-refractivity contribution is 5.36. The van der Waals surface area contributed by atoms with E-state index in [1.165, 1.54) is 0 Å². The minimum Gasteiger partial charge on any atom is -0.340 e. The lowest BCUT2D eigenvalue weighted by Gasteiger charge is -2.43. The average molecular weight is 282 g/mol. The number of benzene rings is 1. The summed E-state index contributed by atoms with van der Waals surface area (Å²) in [4.78, 5) is 4.17. The Hall–Kier alpha value is -2.19. The van der Waals surface area contributed by atoms with Crippen LogP contribution in [0.15, 0.2) is 34.9 Å².